The number of likely N-dealkylation sites (N-methyl/N-ethyl adjacent to an activating group) is 1. The van der Waals surface area contributed by atoms with E-state index in [-0.39, 0.29) is 18.4 Å². The second kappa shape index (κ2) is 11.7. The highest BCUT2D eigenvalue weighted by Gasteiger charge is 2.17. The first kappa shape index (κ1) is 22.3. The number of methoxy groups -OCH3 is 1. The summed E-state index contributed by atoms with van der Waals surface area (Å²) in [5.41, 5.74) is 1.13. The van der Waals surface area contributed by atoms with Crippen LogP contribution in [0.25, 0.3) is 0 Å². The van der Waals surface area contributed by atoms with Crippen molar-refractivity contribution in [2.45, 2.75) is 32.6 Å². The van der Waals surface area contributed by atoms with Crippen molar-refractivity contribution < 1.29 is 19.1 Å². The third-order valence-electron chi connectivity index (χ3n) is 4.45. The number of carbonyl (C=O) groups is 2. The Morgan fingerprint density at radius 2 is 1.76 bits per heavy atom. The summed E-state index contributed by atoms with van der Waals surface area (Å²) in [4.78, 5) is 26.2. The Bertz CT molecular complexity index is 793. The molecule has 1 N–H and O–H groups in total. The van der Waals surface area contributed by atoms with Crippen LogP contribution in [0.15, 0.2) is 48.5 Å². The maximum absolute atomic E-state index is 12.7. The van der Waals surface area contributed by atoms with Crippen LogP contribution in [0.5, 0.6) is 11.5 Å². The lowest BCUT2D eigenvalue weighted by atomic mass is 10.1. The number of unbranched alkanes of at least 4 members (excludes halogenated alkanes) is 3. The maximum Gasteiger partial charge on any atom is 0.254 e. The van der Waals surface area contributed by atoms with Gasteiger partial charge in [0.2, 0.25) is 5.91 Å². The van der Waals surface area contributed by atoms with Gasteiger partial charge < -0.3 is 19.7 Å². The van der Waals surface area contributed by atoms with Gasteiger partial charge in [-0.15, -0.1) is 0 Å². The third kappa shape index (κ3) is 7.14. The quantitative estimate of drug-likeness (QED) is 0.571. The van der Waals surface area contributed by atoms with Crippen LogP contribution in [0.3, 0.4) is 0 Å². The molecule has 156 valence electrons. The summed E-state index contributed by atoms with van der Waals surface area (Å²) in [5.74, 6) is 0.602. The van der Waals surface area contributed by atoms with Gasteiger partial charge in [-0.2, -0.15) is 0 Å². The van der Waals surface area contributed by atoms with Gasteiger partial charge in [0.1, 0.15) is 0 Å². The number of benzene rings is 2. The van der Waals surface area contributed by atoms with Gasteiger partial charge in [-0.05, 0) is 36.8 Å². The summed E-state index contributed by atoms with van der Waals surface area (Å²) in [5, 5.41) is 2.77. The second-order valence-electron chi connectivity index (χ2n) is 6.85. The van der Waals surface area contributed by atoms with Crippen molar-refractivity contribution in [1.82, 2.24) is 4.90 Å². The Balaban J connectivity index is 1.93. The molecule has 2 aromatic carbocycles. The molecule has 0 aliphatic rings. The molecule has 0 saturated carbocycles. The number of hydrogen-bond donors (Lipinski definition) is 1. The first-order valence-corrected chi connectivity index (χ1v) is 9.96. The minimum Gasteiger partial charge on any atom is -0.493 e. The molecule has 0 spiro atoms. The molecule has 29 heavy (non-hydrogen) atoms. The molecule has 2 amide bonds. The van der Waals surface area contributed by atoms with Crippen LogP contribution < -0.4 is 14.8 Å². The number of anilines is 1. The average Bonchev–Trinajstić information content (AvgIpc) is 2.73. The zero-order chi connectivity index (χ0) is 21.1. The molecule has 0 heterocycles. The topological polar surface area (TPSA) is 67.9 Å². The predicted octanol–water partition coefficient (Wildman–Crippen LogP) is 4.37. The fourth-order valence-electron chi connectivity index (χ4n) is 2.86. The van der Waals surface area contributed by atoms with Crippen molar-refractivity contribution in [2.75, 3.05) is 32.6 Å². The van der Waals surface area contributed by atoms with Crippen LogP contribution >= 0.6 is 0 Å². The minimum atomic E-state index is -0.263. The molecule has 0 aromatic heterocycles. The third-order valence-corrected chi connectivity index (χ3v) is 4.45. The first-order chi connectivity index (χ1) is 14.0. The van der Waals surface area contributed by atoms with E-state index in [0.29, 0.717) is 29.4 Å². The summed E-state index contributed by atoms with van der Waals surface area (Å²) in [6.07, 6.45) is 4.48. The molecule has 0 unspecified atom stereocenters. The van der Waals surface area contributed by atoms with Crippen LogP contribution in [0.1, 0.15) is 43.0 Å². The number of rotatable bonds is 11. The van der Waals surface area contributed by atoms with Crippen LogP contribution in [0.2, 0.25) is 0 Å². The number of amides is 2. The number of carbonyl (C=O) groups excluding carboxylic acids is 2. The van der Waals surface area contributed by atoms with Gasteiger partial charge in [-0.3, -0.25) is 9.59 Å². The average molecular weight is 399 g/mol. The summed E-state index contributed by atoms with van der Waals surface area (Å²) in [7, 11) is 3.14. The van der Waals surface area contributed by atoms with Gasteiger partial charge in [-0.25, -0.2) is 0 Å². The Labute approximate surface area is 172 Å². The van der Waals surface area contributed by atoms with Crippen LogP contribution in [0.4, 0.5) is 5.69 Å². The van der Waals surface area contributed by atoms with E-state index in [4.69, 9.17) is 9.47 Å². The highest BCUT2D eigenvalue weighted by atomic mass is 16.5. The van der Waals surface area contributed by atoms with Gasteiger partial charge >= 0.3 is 0 Å². The molecule has 0 aliphatic carbocycles. The van der Waals surface area contributed by atoms with E-state index in [0.717, 1.165) is 12.8 Å². The normalized spacial score (nSPS) is 10.3. The molecule has 0 aliphatic heterocycles. The Hall–Kier alpha value is -3.02. The van der Waals surface area contributed by atoms with E-state index in [1.165, 1.54) is 17.7 Å². The summed E-state index contributed by atoms with van der Waals surface area (Å²) in [6, 6.07) is 14.2. The van der Waals surface area contributed by atoms with Crippen molar-refractivity contribution in [1.29, 1.82) is 0 Å². The van der Waals surface area contributed by atoms with Crippen molar-refractivity contribution in [2.24, 2.45) is 0 Å². The van der Waals surface area contributed by atoms with Crippen molar-refractivity contribution in [3.05, 3.63) is 54.1 Å². The molecule has 0 fully saturated rings. The van der Waals surface area contributed by atoms with E-state index >= 15 is 0 Å². The van der Waals surface area contributed by atoms with E-state index in [1.54, 1.807) is 44.5 Å². The standard InChI is InChI=1S/C23H30N2O4/c1-4-5-6-10-15-29-20-14-13-18(16-21(20)28-3)23(27)25(2)17-22(26)24-19-11-8-7-9-12-19/h7-9,11-14,16H,4-6,10,15,17H2,1-3H3,(H,24,26). The first-order valence-electron chi connectivity index (χ1n) is 9.96. The second-order valence-corrected chi connectivity index (χ2v) is 6.85. The number of hydrogen-bond acceptors (Lipinski definition) is 4. The van der Waals surface area contributed by atoms with Crippen LogP contribution in [0, 0.1) is 0 Å². The Morgan fingerprint density at radius 3 is 2.45 bits per heavy atom. The Kier molecular flexibility index (Phi) is 9.02. The van der Waals surface area contributed by atoms with Crippen molar-refractivity contribution in [3.63, 3.8) is 0 Å². The van der Waals surface area contributed by atoms with E-state index < -0.39 is 0 Å². The minimum absolute atomic E-state index is 0.0499. The van der Waals surface area contributed by atoms with Gasteiger partial charge in [0.05, 0.1) is 20.3 Å². The van der Waals surface area contributed by atoms with Crippen LogP contribution in [-0.4, -0.2) is 44.0 Å². The number of ether oxygens (including phenoxy) is 2. The smallest absolute Gasteiger partial charge is 0.254 e. The van der Waals surface area contributed by atoms with Crippen molar-refractivity contribution in [3.8, 4) is 11.5 Å². The fourth-order valence-corrected chi connectivity index (χ4v) is 2.86. The molecule has 6 nitrogen and oxygen atoms in total. The summed E-state index contributed by atoms with van der Waals surface area (Å²) in [6.45, 7) is 2.73. The predicted molar refractivity (Wildman–Crippen MR) is 115 cm³/mol. The summed E-state index contributed by atoms with van der Waals surface area (Å²) >= 11 is 0. The monoisotopic (exact) mass is 398 g/mol. The molecule has 0 bridgehead atoms. The lowest BCUT2D eigenvalue weighted by molar-refractivity contribution is -0.116. The lowest BCUT2D eigenvalue weighted by Gasteiger charge is -2.18. The molecular weight excluding hydrogens is 368 g/mol. The number of nitrogens with zero attached hydrogens (tertiary/aromatic N) is 1. The van der Waals surface area contributed by atoms with E-state index in [1.807, 2.05) is 18.2 Å². The number of nitrogens with one attached hydrogen (secondary N) is 1. The molecule has 6 heteroatoms. The molecule has 2 rings (SSSR count). The van der Waals surface area contributed by atoms with Crippen LogP contribution in [-0.2, 0) is 4.79 Å². The van der Waals surface area contributed by atoms with Gasteiger partial charge in [0.15, 0.2) is 11.5 Å². The SMILES string of the molecule is CCCCCCOc1ccc(C(=O)N(C)CC(=O)Nc2ccccc2)cc1OC. The lowest BCUT2D eigenvalue weighted by Crippen LogP contribution is -2.34. The van der Waals surface area contributed by atoms with Gasteiger partial charge in [0.25, 0.3) is 5.91 Å². The zero-order valence-corrected chi connectivity index (χ0v) is 17.4. The fraction of sp³-hybridized carbons (Fsp3) is 0.391. The molecule has 2 aromatic rings. The molecule has 0 saturated heterocycles. The highest BCUT2D eigenvalue weighted by molar-refractivity contribution is 5.99. The molecule has 0 atom stereocenters. The maximum atomic E-state index is 12.7. The van der Waals surface area contributed by atoms with Gasteiger partial charge in [-0.1, -0.05) is 44.4 Å². The Morgan fingerprint density at radius 1 is 1.00 bits per heavy atom. The van der Waals surface area contributed by atoms with E-state index in [2.05, 4.69) is 12.2 Å². The largest absolute Gasteiger partial charge is 0.493 e. The summed E-state index contributed by atoms with van der Waals surface area (Å²) < 4.78 is 11.2. The van der Waals surface area contributed by atoms with Crippen molar-refractivity contribution >= 4 is 17.5 Å². The number of para-hydroxylation sites is 1. The van der Waals surface area contributed by atoms with E-state index in [9.17, 15) is 9.59 Å². The highest BCUT2D eigenvalue weighted by Crippen LogP contribution is 2.28. The molecular formula is C23H30N2O4. The molecule has 0 radical (unpaired) electrons. The zero-order valence-electron chi connectivity index (χ0n) is 17.4. The van der Waals surface area contributed by atoms with Gasteiger partial charge in [0, 0.05) is 18.3 Å².